The number of hydroxylamine groups is 2. The van der Waals surface area contributed by atoms with Gasteiger partial charge in [-0.15, -0.1) is 0 Å². The minimum atomic E-state index is -1.37. The molecule has 2 bridgehead atoms. The number of fused-ring (bicyclic) bond motifs is 4. The number of likely N-dealkylation sites (tertiary alicyclic amines) is 1. The average Bonchev–Trinajstić information content (AvgIpc) is 3.91. The molecule has 298 valence electrons. The van der Waals surface area contributed by atoms with Gasteiger partial charge in [-0.05, 0) is 54.9 Å². The molecule has 55 heavy (non-hydrogen) atoms. The summed E-state index contributed by atoms with van der Waals surface area (Å²) in [7, 11) is 0. The van der Waals surface area contributed by atoms with E-state index in [9.17, 15) is 19.8 Å². The van der Waals surface area contributed by atoms with Gasteiger partial charge < -0.3 is 34.6 Å². The van der Waals surface area contributed by atoms with Crippen LogP contribution in [0.4, 0.5) is 0 Å². The topological polar surface area (TPSA) is 147 Å². The molecule has 0 aromatic heterocycles. The van der Waals surface area contributed by atoms with Crippen molar-refractivity contribution in [2.45, 2.75) is 140 Å². The van der Waals surface area contributed by atoms with E-state index >= 15 is 4.79 Å². The Kier molecular flexibility index (Phi) is 12.3. The van der Waals surface area contributed by atoms with Crippen molar-refractivity contribution in [2.24, 2.45) is 5.41 Å². The van der Waals surface area contributed by atoms with Gasteiger partial charge in [0.1, 0.15) is 41.6 Å². The summed E-state index contributed by atoms with van der Waals surface area (Å²) in [6.07, 6.45) is 10.5. The van der Waals surface area contributed by atoms with E-state index in [1.165, 1.54) is 0 Å². The Morgan fingerprint density at radius 3 is 2.51 bits per heavy atom. The Bertz CT molecular complexity index is 1710. The number of aliphatic hydroxyl groups excluding tert-OH is 1. The number of phenolic OH excluding ortho intramolecular Hbond substituents is 1. The number of para-hydroxylation sites is 1. The van der Waals surface area contributed by atoms with Gasteiger partial charge in [-0.2, -0.15) is 5.06 Å². The molecule has 1 saturated carbocycles. The van der Waals surface area contributed by atoms with Gasteiger partial charge in [-0.1, -0.05) is 94.1 Å². The molecule has 5 aliphatic rings. The molecular weight excluding hydrogens is 702 g/mol. The SMILES string of the molecule is CCCCCC1(CCCCC)OC2C3CC4(C(=O)N5CCCC5C(=O)NCCO)C(ON(Cc5cccc(C=CCc6ccccc6O)c5)C4C(=O)O3)C2O1. The van der Waals surface area contributed by atoms with Crippen LogP contribution in [-0.2, 0) is 46.4 Å². The van der Waals surface area contributed by atoms with E-state index < -0.39 is 53.7 Å². The molecule has 2 aromatic rings. The zero-order valence-electron chi connectivity index (χ0n) is 32.2. The van der Waals surface area contributed by atoms with E-state index in [0.29, 0.717) is 38.6 Å². The fourth-order valence-corrected chi connectivity index (χ4v) is 9.50. The average molecular weight is 760 g/mol. The van der Waals surface area contributed by atoms with Crippen LogP contribution in [0.5, 0.6) is 5.75 Å². The minimum Gasteiger partial charge on any atom is -0.508 e. The molecule has 1 aliphatic carbocycles. The van der Waals surface area contributed by atoms with Crippen LogP contribution in [0.3, 0.4) is 0 Å². The maximum Gasteiger partial charge on any atom is 0.327 e. The number of aromatic hydroxyl groups is 1. The molecular formula is C43H57N3O9. The van der Waals surface area contributed by atoms with Crippen molar-refractivity contribution in [3.05, 3.63) is 71.3 Å². The van der Waals surface area contributed by atoms with Gasteiger partial charge in [-0.3, -0.25) is 19.2 Å². The number of hydrogen-bond acceptors (Lipinski definition) is 10. The van der Waals surface area contributed by atoms with Crippen LogP contribution < -0.4 is 5.32 Å². The summed E-state index contributed by atoms with van der Waals surface area (Å²) >= 11 is 0. The van der Waals surface area contributed by atoms with Crippen molar-refractivity contribution < 1.29 is 43.6 Å². The number of ether oxygens (including phenoxy) is 3. The van der Waals surface area contributed by atoms with Crippen molar-refractivity contribution >= 4 is 23.9 Å². The van der Waals surface area contributed by atoms with Crippen molar-refractivity contribution in [1.82, 2.24) is 15.3 Å². The molecule has 3 N–H and O–H groups in total. The third-order valence-electron chi connectivity index (χ3n) is 12.1. The van der Waals surface area contributed by atoms with Gasteiger partial charge in [0.15, 0.2) is 11.8 Å². The molecule has 4 heterocycles. The first-order valence-corrected chi connectivity index (χ1v) is 20.4. The van der Waals surface area contributed by atoms with E-state index in [-0.39, 0.29) is 43.7 Å². The lowest BCUT2D eigenvalue weighted by Crippen LogP contribution is -2.70. The Labute approximate surface area is 324 Å². The van der Waals surface area contributed by atoms with Gasteiger partial charge in [0.25, 0.3) is 0 Å². The van der Waals surface area contributed by atoms with Crippen molar-refractivity contribution in [2.75, 3.05) is 19.7 Å². The summed E-state index contributed by atoms with van der Waals surface area (Å²) in [4.78, 5) is 51.4. The maximum atomic E-state index is 15.3. The van der Waals surface area contributed by atoms with Crippen molar-refractivity contribution in [3.63, 3.8) is 0 Å². The Balaban J connectivity index is 1.21. The predicted octanol–water partition coefficient (Wildman–Crippen LogP) is 5.19. The second-order valence-electron chi connectivity index (χ2n) is 15.9. The second-order valence-corrected chi connectivity index (χ2v) is 15.9. The van der Waals surface area contributed by atoms with E-state index in [0.717, 1.165) is 55.2 Å². The maximum absolute atomic E-state index is 15.3. The van der Waals surface area contributed by atoms with Crippen LogP contribution in [-0.4, -0.2) is 99.9 Å². The molecule has 0 radical (unpaired) electrons. The number of phenols is 1. The predicted molar refractivity (Wildman–Crippen MR) is 204 cm³/mol. The Hall–Kier alpha value is -3.81. The zero-order valence-corrected chi connectivity index (χ0v) is 32.2. The van der Waals surface area contributed by atoms with Gasteiger partial charge in [0.05, 0.1) is 13.2 Å². The van der Waals surface area contributed by atoms with Crippen LogP contribution >= 0.6 is 0 Å². The lowest BCUT2D eigenvalue weighted by atomic mass is 9.62. The van der Waals surface area contributed by atoms with E-state index in [1.54, 1.807) is 22.1 Å². The molecule has 2 amide bonds. The number of carbonyl (C=O) groups is 3. The zero-order chi connectivity index (χ0) is 38.6. The molecule has 5 fully saturated rings. The van der Waals surface area contributed by atoms with Crippen LogP contribution in [0.2, 0.25) is 0 Å². The summed E-state index contributed by atoms with van der Waals surface area (Å²) in [5.74, 6) is -1.78. The van der Waals surface area contributed by atoms with Gasteiger partial charge in [-0.25, -0.2) is 0 Å². The van der Waals surface area contributed by atoms with Crippen LogP contribution in [0, 0.1) is 5.41 Å². The second kappa shape index (κ2) is 17.1. The summed E-state index contributed by atoms with van der Waals surface area (Å²) in [5.41, 5.74) is 1.26. The number of allylic oxidation sites excluding steroid dienone is 1. The number of amides is 2. The number of benzene rings is 2. The third kappa shape index (κ3) is 7.81. The number of aliphatic hydroxyl groups is 1. The lowest BCUT2D eigenvalue weighted by molar-refractivity contribution is -0.225. The standard InChI is InChI=1S/C43H57N3O9/c1-3-5-9-21-42(22-10-6-4-2)53-35-34-27-43(41(51)45-24-13-19-32(45)39(49)44-23-25-47)37(40(50)52-34)46(55-38(43)36(35)54-42)28-30-16-11-14-29(26-30)15-12-18-31-17-7-8-20-33(31)48/h7-8,11-12,14-17,20,26,32,34-38,47-48H,3-6,9-10,13,18-19,21-25,27-28H2,1-2H3,(H,44,49). The van der Waals surface area contributed by atoms with E-state index in [2.05, 4.69) is 19.2 Å². The van der Waals surface area contributed by atoms with Crippen molar-refractivity contribution in [3.8, 4) is 5.75 Å². The molecule has 4 saturated heterocycles. The summed E-state index contributed by atoms with van der Waals surface area (Å²) in [6, 6.07) is 13.4. The Morgan fingerprint density at radius 2 is 1.76 bits per heavy atom. The highest BCUT2D eigenvalue weighted by atomic mass is 16.8. The molecule has 7 unspecified atom stereocenters. The normalized spacial score (nSPS) is 29.4. The lowest BCUT2D eigenvalue weighted by Gasteiger charge is -2.50. The smallest absolute Gasteiger partial charge is 0.327 e. The first kappa shape index (κ1) is 39.4. The first-order valence-electron chi connectivity index (χ1n) is 20.4. The molecule has 7 atom stereocenters. The fourth-order valence-electron chi connectivity index (χ4n) is 9.50. The van der Waals surface area contributed by atoms with E-state index in [1.807, 2.05) is 48.6 Å². The summed E-state index contributed by atoms with van der Waals surface area (Å²) < 4.78 is 20.2. The molecule has 7 rings (SSSR count). The Morgan fingerprint density at radius 1 is 1.00 bits per heavy atom. The highest BCUT2D eigenvalue weighted by Gasteiger charge is 2.77. The minimum absolute atomic E-state index is 0.0924. The number of nitrogens with one attached hydrogen (secondary N) is 1. The number of unbranched alkanes of at least 4 members (excludes halogenated alkanes) is 4. The molecule has 12 heteroatoms. The summed E-state index contributed by atoms with van der Waals surface area (Å²) in [5, 5.41) is 23.9. The molecule has 0 spiro atoms. The van der Waals surface area contributed by atoms with Crippen LogP contribution in [0.15, 0.2) is 54.6 Å². The first-order chi connectivity index (χ1) is 26.7. The molecule has 2 aromatic carbocycles. The number of carbonyl (C=O) groups excluding carboxylic acids is 3. The monoisotopic (exact) mass is 759 g/mol. The largest absolute Gasteiger partial charge is 0.508 e. The number of hydrogen-bond donors (Lipinski definition) is 3. The van der Waals surface area contributed by atoms with Crippen LogP contribution in [0.1, 0.15) is 101 Å². The highest BCUT2D eigenvalue weighted by molar-refractivity contribution is 5.96. The quantitative estimate of drug-likeness (QED) is 0.146. The number of esters is 1. The fraction of sp³-hybridized carbons (Fsp3) is 0.605. The summed E-state index contributed by atoms with van der Waals surface area (Å²) in [6.45, 7) is 4.79. The molecule has 4 aliphatic heterocycles. The van der Waals surface area contributed by atoms with Gasteiger partial charge in [0, 0.05) is 32.4 Å². The van der Waals surface area contributed by atoms with Crippen LogP contribution in [0.25, 0.3) is 6.08 Å². The van der Waals surface area contributed by atoms with Gasteiger partial charge in [0.2, 0.25) is 11.8 Å². The van der Waals surface area contributed by atoms with Gasteiger partial charge >= 0.3 is 5.97 Å². The van der Waals surface area contributed by atoms with E-state index in [4.69, 9.17) is 19.0 Å². The molecule has 12 nitrogen and oxygen atoms in total. The third-order valence-corrected chi connectivity index (χ3v) is 12.1. The number of nitrogens with zero attached hydrogens (tertiary/aromatic N) is 2. The van der Waals surface area contributed by atoms with Crippen molar-refractivity contribution in [1.29, 1.82) is 0 Å². The number of rotatable bonds is 17. The highest BCUT2D eigenvalue weighted by Crippen LogP contribution is 2.59.